The number of amides is 10. The van der Waals surface area contributed by atoms with Gasteiger partial charge in [0.25, 0.3) is 11.8 Å². The highest BCUT2D eigenvalue weighted by atomic mass is 16.5. The van der Waals surface area contributed by atoms with Gasteiger partial charge in [0.2, 0.25) is 47.3 Å². The van der Waals surface area contributed by atoms with Crippen molar-refractivity contribution in [2.24, 2.45) is 29.6 Å². The summed E-state index contributed by atoms with van der Waals surface area (Å²) in [6, 6.07) is 10.7. The van der Waals surface area contributed by atoms with E-state index >= 15 is 0 Å². The van der Waals surface area contributed by atoms with E-state index < -0.39 is 84.6 Å². The van der Waals surface area contributed by atoms with Crippen LogP contribution in [0.25, 0.3) is 0 Å². The second kappa shape index (κ2) is 33.4. The molecule has 22 nitrogen and oxygen atoms in total. The zero-order chi connectivity index (χ0) is 62.5. The van der Waals surface area contributed by atoms with Gasteiger partial charge in [-0.3, -0.25) is 57.7 Å². The van der Waals surface area contributed by atoms with Gasteiger partial charge in [0.05, 0.1) is 49.2 Å². The summed E-state index contributed by atoms with van der Waals surface area (Å²) in [6.07, 6.45) is 3.78. The van der Waals surface area contributed by atoms with E-state index in [-0.39, 0.29) is 84.9 Å². The molecule has 464 valence electrons. The van der Waals surface area contributed by atoms with Crippen LogP contribution in [0, 0.1) is 29.6 Å². The number of anilines is 2. The standard InChI is InChI=1S/C62H94N10O12/c1-14-40(8)56(70(12)62(83)54(38(4)5)68-61(82)55(39(6)7)69(10)11)47(84-13)35-52(77)71-33-21-24-46(71)57(78)41(9)58(79)66-45(34-42-22-17-15-18-23-42)59(80)65-44-28-26-43(27-29-44)64-49(74)36-63-60(81)53(37(2)3)67-48(73)25-19-16-20-32-72-50(75)30-31-51(72)76/h15,17-18,22-23,26-31,37-41,45-47,53-57,78H,14,16,19-21,24-25,32-36H2,1-13H3,(H,63,81)(H,64,74)(H,65,80)(H,66,79)(H,67,73)(H,68,82)/t40-,41+,45-,46-,47+,53-,54-,55-,56-,57+/m0/s1. The summed E-state index contributed by atoms with van der Waals surface area (Å²) >= 11 is 0. The highest BCUT2D eigenvalue weighted by molar-refractivity contribution is 6.12. The van der Waals surface area contributed by atoms with Gasteiger partial charge in [0, 0.05) is 63.6 Å². The number of rotatable bonds is 33. The number of aliphatic hydroxyl groups is 1. The number of imide groups is 1. The van der Waals surface area contributed by atoms with E-state index in [0.717, 1.165) is 10.5 Å². The molecule has 10 atom stereocenters. The van der Waals surface area contributed by atoms with Crippen molar-refractivity contribution in [2.45, 2.75) is 169 Å². The minimum Gasteiger partial charge on any atom is -0.390 e. The first-order chi connectivity index (χ1) is 39.7. The van der Waals surface area contributed by atoms with Crippen molar-refractivity contribution < 1.29 is 57.8 Å². The molecule has 7 N–H and O–H groups in total. The summed E-state index contributed by atoms with van der Waals surface area (Å²) < 4.78 is 6.03. The van der Waals surface area contributed by atoms with Crippen LogP contribution in [-0.2, 0) is 59.1 Å². The molecule has 0 radical (unpaired) electrons. The Morgan fingerprint density at radius 1 is 0.702 bits per heavy atom. The monoisotopic (exact) mass is 1170 g/mol. The number of unbranched alkanes of at least 4 members (excludes halogenated alkanes) is 2. The highest BCUT2D eigenvalue weighted by Gasteiger charge is 2.43. The molecule has 2 aromatic carbocycles. The van der Waals surface area contributed by atoms with Crippen molar-refractivity contribution in [1.82, 2.24) is 40.9 Å². The molecule has 10 amide bonds. The number of hydrogen-bond acceptors (Lipinski definition) is 13. The average molecular weight is 1170 g/mol. The van der Waals surface area contributed by atoms with Crippen LogP contribution in [0.5, 0.6) is 0 Å². The number of hydrogen-bond donors (Lipinski definition) is 7. The van der Waals surface area contributed by atoms with E-state index in [4.69, 9.17) is 4.74 Å². The predicted octanol–water partition coefficient (Wildman–Crippen LogP) is 4.03. The minimum absolute atomic E-state index is 0.00710. The molecule has 0 unspecified atom stereocenters. The lowest BCUT2D eigenvalue weighted by Gasteiger charge is -2.41. The van der Waals surface area contributed by atoms with Crippen molar-refractivity contribution in [3.05, 3.63) is 72.3 Å². The van der Waals surface area contributed by atoms with Gasteiger partial charge in [0.15, 0.2) is 0 Å². The quantitative estimate of drug-likeness (QED) is 0.0393. The Morgan fingerprint density at radius 2 is 1.31 bits per heavy atom. The fraction of sp³-hybridized carbons (Fsp3) is 0.613. The number of aliphatic hydroxyl groups excluding tert-OH is 1. The van der Waals surface area contributed by atoms with Gasteiger partial charge < -0.3 is 51.5 Å². The number of methoxy groups -OCH3 is 1. The number of likely N-dealkylation sites (N-methyl/N-ethyl adjacent to an activating group) is 2. The number of likely N-dealkylation sites (tertiary alicyclic amines) is 1. The molecule has 0 aliphatic carbocycles. The molecule has 84 heavy (non-hydrogen) atoms. The lowest BCUT2D eigenvalue weighted by Crippen LogP contribution is -2.59. The molecule has 0 spiro atoms. The van der Waals surface area contributed by atoms with Crippen LogP contribution in [-0.4, -0.2) is 180 Å². The lowest BCUT2D eigenvalue weighted by atomic mass is 9.89. The van der Waals surface area contributed by atoms with Gasteiger partial charge >= 0.3 is 0 Å². The molecule has 22 heteroatoms. The molecule has 2 aliphatic heterocycles. The van der Waals surface area contributed by atoms with Gasteiger partial charge in [-0.25, -0.2) is 0 Å². The van der Waals surface area contributed by atoms with E-state index in [1.165, 1.54) is 19.3 Å². The molecule has 4 rings (SSSR count). The second-order valence-electron chi connectivity index (χ2n) is 23.6. The van der Waals surface area contributed by atoms with Crippen LogP contribution in [0.1, 0.15) is 119 Å². The maximum atomic E-state index is 14.4. The Morgan fingerprint density at radius 3 is 1.87 bits per heavy atom. The number of benzene rings is 2. The second-order valence-corrected chi connectivity index (χ2v) is 23.6. The number of nitrogens with zero attached hydrogens (tertiary/aromatic N) is 4. The van der Waals surface area contributed by atoms with Crippen LogP contribution in [0.3, 0.4) is 0 Å². The van der Waals surface area contributed by atoms with Crippen molar-refractivity contribution >= 4 is 70.4 Å². The minimum atomic E-state index is -1.31. The molecule has 0 bridgehead atoms. The van der Waals surface area contributed by atoms with E-state index in [1.807, 2.05) is 90.9 Å². The van der Waals surface area contributed by atoms with Crippen LogP contribution in [0.15, 0.2) is 66.7 Å². The van der Waals surface area contributed by atoms with Gasteiger partial charge in [0.1, 0.15) is 18.1 Å². The lowest BCUT2D eigenvalue weighted by molar-refractivity contribution is -0.147. The van der Waals surface area contributed by atoms with E-state index in [0.29, 0.717) is 56.4 Å². The highest BCUT2D eigenvalue weighted by Crippen LogP contribution is 2.29. The van der Waals surface area contributed by atoms with Crippen LogP contribution < -0.4 is 31.9 Å². The number of ether oxygens (including phenoxy) is 1. The average Bonchev–Trinajstić information content (AvgIpc) is 4.24. The van der Waals surface area contributed by atoms with Crippen molar-refractivity contribution in [3.63, 3.8) is 0 Å². The van der Waals surface area contributed by atoms with Crippen molar-refractivity contribution in [3.8, 4) is 0 Å². The summed E-state index contributed by atoms with van der Waals surface area (Å²) in [6.45, 7) is 16.9. The Bertz CT molecular complexity index is 2570. The Kier molecular flexibility index (Phi) is 27.7. The van der Waals surface area contributed by atoms with Crippen LogP contribution in [0.2, 0.25) is 0 Å². The van der Waals surface area contributed by atoms with Crippen molar-refractivity contribution in [1.29, 1.82) is 0 Å². The topological polar surface area (TPSA) is 285 Å². The Balaban J connectivity index is 1.35. The largest absolute Gasteiger partial charge is 0.390 e. The Labute approximate surface area is 496 Å². The van der Waals surface area contributed by atoms with E-state index in [2.05, 4.69) is 31.9 Å². The molecule has 0 aromatic heterocycles. The molecular formula is C62H94N10O12. The number of nitrogens with one attached hydrogen (secondary N) is 6. The number of carbonyl (C=O) groups excluding carboxylic acids is 10. The van der Waals surface area contributed by atoms with E-state index in [9.17, 15) is 53.1 Å². The molecular weight excluding hydrogens is 1080 g/mol. The van der Waals surface area contributed by atoms with Crippen molar-refractivity contribution in [2.75, 3.05) is 58.5 Å². The number of carbonyl (C=O) groups is 10. The smallest absolute Gasteiger partial charge is 0.253 e. The molecule has 2 heterocycles. The first kappa shape index (κ1) is 69.5. The van der Waals surface area contributed by atoms with Crippen LogP contribution in [0.4, 0.5) is 11.4 Å². The zero-order valence-electron chi connectivity index (χ0n) is 51.6. The molecule has 1 saturated heterocycles. The first-order valence-corrected chi connectivity index (χ1v) is 29.6. The van der Waals surface area contributed by atoms with Gasteiger partial charge in [-0.2, -0.15) is 0 Å². The molecule has 0 saturated carbocycles. The zero-order valence-corrected chi connectivity index (χ0v) is 51.6. The third kappa shape index (κ3) is 20.1. The normalized spacial score (nSPS) is 17.5. The summed E-state index contributed by atoms with van der Waals surface area (Å²) in [5, 5.41) is 28.6. The fourth-order valence-electron chi connectivity index (χ4n) is 10.9. The molecule has 2 aromatic rings. The third-order valence-corrected chi connectivity index (χ3v) is 15.9. The summed E-state index contributed by atoms with van der Waals surface area (Å²) in [5.41, 5.74) is 1.47. The third-order valence-electron chi connectivity index (χ3n) is 15.9. The summed E-state index contributed by atoms with van der Waals surface area (Å²) in [5.74, 6) is -5.89. The fourth-order valence-corrected chi connectivity index (χ4v) is 10.9. The molecule has 1 fully saturated rings. The summed E-state index contributed by atoms with van der Waals surface area (Å²) in [4.78, 5) is 139. The van der Waals surface area contributed by atoms with Crippen LogP contribution >= 0.6 is 0 Å². The first-order valence-electron chi connectivity index (χ1n) is 29.6. The van der Waals surface area contributed by atoms with Gasteiger partial charge in [-0.1, -0.05) is 105 Å². The predicted molar refractivity (Wildman–Crippen MR) is 320 cm³/mol. The molecule has 2 aliphatic rings. The Hall–Kier alpha value is -7.04. The maximum absolute atomic E-state index is 14.4. The van der Waals surface area contributed by atoms with Gasteiger partial charge in [-0.05, 0) is 93.3 Å². The SMILES string of the molecule is CC[C@H](C)[C@@H]([C@@H](CC(=O)N1CCC[C@H]1[C@H](O)[C@@H](C)C(=O)N[C@@H](Cc1ccccc1)C(=O)Nc1ccc(NC(=O)CNC(=O)[C@@H](NC(=O)CCCCCN2C(=O)C=CC2=O)C(C)C)cc1)OC)N(C)C(=O)[C@@H](NC(=O)[C@H](C(C)C)N(C)C)C(C)C. The van der Waals surface area contributed by atoms with Gasteiger partial charge in [-0.15, -0.1) is 0 Å². The summed E-state index contributed by atoms with van der Waals surface area (Å²) in [7, 11) is 6.83. The maximum Gasteiger partial charge on any atom is 0.253 e. The van der Waals surface area contributed by atoms with E-state index in [1.54, 1.807) is 61.9 Å².